The fourth-order valence-electron chi connectivity index (χ4n) is 3.02. The first-order valence-electron chi connectivity index (χ1n) is 7.66. The monoisotopic (exact) mass is 318 g/mol. The Kier molecular flexibility index (Phi) is 4.73. The van der Waals surface area contributed by atoms with Gasteiger partial charge >= 0.3 is 5.97 Å². The standard InChI is InChI=1S/C17H22N2O4/c1-11(2)17(16(22)23)7-8-19(10-17)15(21)13-6-4-5-12(9-13)14(20)18-3/h4-6,9,11H,7-8,10H2,1-3H3,(H,18,20)(H,22,23). The number of hydrogen-bond donors (Lipinski definition) is 2. The normalized spacial score (nSPS) is 20.6. The first kappa shape index (κ1) is 17.0. The molecule has 1 aromatic carbocycles. The highest BCUT2D eigenvalue weighted by Gasteiger charge is 2.48. The van der Waals surface area contributed by atoms with Crippen LogP contribution in [0.2, 0.25) is 0 Å². The van der Waals surface area contributed by atoms with Gasteiger partial charge < -0.3 is 15.3 Å². The smallest absolute Gasteiger partial charge is 0.311 e. The second-order valence-electron chi connectivity index (χ2n) is 6.25. The van der Waals surface area contributed by atoms with Crippen molar-refractivity contribution in [1.82, 2.24) is 10.2 Å². The Balaban J connectivity index is 2.23. The molecule has 1 aliphatic rings. The molecule has 6 nitrogen and oxygen atoms in total. The molecule has 1 atom stereocenters. The first-order valence-corrected chi connectivity index (χ1v) is 7.66. The van der Waals surface area contributed by atoms with Crippen LogP contribution in [0, 0.1) is 11.3 Å². The molecular weight excluding hydrogens is 296 g/mol. The lowest BCUT2D eigenvalue weighted by Gasteiger charge is -2.28. The van der Waals surface area contributed by atoms with Gasteiger partial charge in [-0.25, -0.2) is 0 Å². The highest BCUT2D eigenvalue weighted by Crippen LogP contribution is 2.38. The molecule has 0 saturated carbocycles. The molecule has 1 heterocycles. The van der Waals surface area contributed by atoms with E-state index in [9.17, 15) is 19.5 Å². The maximum Gasteiger partial charge on any atom is 0.311 e. The van der Waals surface area contributed by atoms with Crippen LogP contribution < -0.4 is 5.32 Å². The Morgan fingerprint density at radius 3 is 2.43 bits per heavy atom. The van der Waals surface area contributed by atoms with Gasteiger partial charge in [0.2, 0.25) is 0 Å². The number of nitrogens with zero attached hydrogens (tertiary/aromatic N) is 1. The van der Waals surface area contributed by atoms with Crippen molar-refractivity contribution in [3.05, 3.63) is 35.4 Å². The van der Waals surface area contributed by atoms with Gasteiger partial charge in [-0.3, -0.25) is 14.4 Å². The Morgan fingerprint density at radius 2 is 1.91 bits per heavy atom. The van der Waals surface area contributed by atoms with Crippen molar-refractivity contribution in [2.75, 3.05) is 20.1 Å². The fraction of sp³-hybridized carbons (Fsp3) is 0.471. The third-order valence-electron chi connectivity index (χ3n) is 4.72. The highest BCUT2D eigenvalue weighted by molar-refractivity contribution is 6.00. The Bertz CT molecular complexity index is 641. The Hall–Kier alpha value is -2.37. The van der Waals surface area contributed by atoms with Crippen LogP contribution in [-0.4, -0.2) is 47.9 Å². The number of nitrogens with one attached hydrogen (secondary N) is 1. The minimum absolute atomic E-state index is 0.0602. The summed E-state index contributed by atoms with van der Waals surface area (Å²) in [6.45, 7) is 4.35. The maximum absolute atomic E-state index is 12.6. The zero-order chi connectivity index (χ0) is 17.2. The van der Waals surface area contributed by atoms with Crippen molar-refractivity contribution in [3.8, 4) is 0 Å². The number of rotatable bonds is 4. The molecule has 2 rings (SSSR count). The summed E-state index contributed by atoms with van der Waals surface area (Å²) in [6, 6.07) is 6.47. The molecule has 1 unspecified atom stereocenters. The summed E-state index contributed by atoms with van der Waals surface area (Å²) in [5.74, 6) is -1.42. The van der Waals surface area contributed by atoms with E-state index >= 15 is 0 Å². The van der Waals surface area contributed by atoms with Crippen molar-refractivity contribution in [2.45, 2.75) is 20.3 Å². The van der Waals surface area contributed by atoms with Crippen molar-refractivity contribution in [3.63, 3.8) is 0 Å². The van der Waals surface area contributed by atoms with E-state index in [1.165, 1.54) is 13.1 Å². The van der Waals surface area contributed by atoms with E-state index in [0.29, 0.717) is 24.1 Å². The van der Waals surface area contributed by atoms with Crippen LogP contribution in [0.15, 0.2) is 24.3 Å². The first-order chi connectivity index (χ1) is 10.8. The van der Waals surface area contributed by atoms with Gasteiger partial charge in [-0.05, 0) is 30.5 Å². The predicted molar refractivity (Wildman–Crippen MR) is 85.3 cm³/mol. The molecule has 1 aliphatic heterocycles. The van der Waals surface area contributed by atoms with Gasteiger partial charge in [-0.2, -0.15) is 0 Å². The van der Waals surface area contributed by atoms with Crippen LogP contribution in [0.3, 0.4) is 0 Å². The van der Waals surface area contributed by atoms with Gasteiger partial charge in [0.1, 0.15) is 0 Å². The van der Waals surface area contributed by atoms with Crippen molar-refractivity contribution in [1.29, 1.82) is 0 Å². The van der Waals surface area contributed by atoms with Gasteiger partial charge in [0.05, 0.1) is 5.41 Å². The van der Waals surface area contributed by atoms with Crippen LogP contribution in [-0.2, 0) is 4.79 Å². The van der Waals surface area contributed by atoms with Crippen LogP contribution in [0.5, 0.6) is 0 Å². The van der Waals surface area contributed by atoms with Crippen molar-refractivity contribution < 1.29 is 19.5 Å². The van der Waals surface area contributed by atoms with Gasteiger partial charge in [0.15, 0.2) is 0 Å². The molecule has 0 bridgehead atoms. The SMILES string of the molecule is CNC(=O)c1cccc(C(=O)N2CCC(C(=O)O)(C(C)C)C2)c1. The topological polar surface area (TPSA) is 86.7 Å². The zero-order valence-electron chi connectivity index (χ0n) is 13.6. The number of carbonyl (C=O) groups is 3. The van der Waals surface area contributed by atoms with Crippen LogP contribution in [0.1, 0.15) is 41.0 Å². The van der Waals surface area contributed by atoms with E-state index in [2.05, 4.69) is 5.32 Å². The summed E-state index contributed by atoms with van der Waals surface area (Å²) in [5, 5.41) is 12.1. The summed E-state index contributed by atoms with van der Waals surface area (Å²) in [7, 11) is 1.53. The zero-order valence-corrected chi connectivity index (χ0v) is 13.6. The second kappa shape index (κ2) is 6.40. The molecule has 23 heavy (non-hydrogen) atoms. The number of likely N-dealkylation sites (tertiary alicyclic amines) is 1. The largest absolute Gasteiger partial charge is 0.481 e. The third-order valence-corrected chi connectivity index (χ3v) is 4.72. The number of carboxylic acids is 1. The average Bonchev–Trinajstić information content (AvgIpc) is 3.00. The summed E-state index contributed by atoms with van der Waals surface area (Å²) in [4.78, 5) is 37.5. The number of benzene rings is 1. The lowest BCUT2D eigenvalue weighted by Crippen LogP contribution is -2.40. The number of amides is 2. The van der Waals surface area contributed by atoms with Crippen LogP contribution >= 0.6 is 0 Å². The molecule has 2 amide bonds. The van der Waals surface area contributed by atoms with Gasteiger partial charge in [0, 0.05) is 31.3 Å². The van der Waals surface area contributed by atoms with Crippen LogP contribution in [0.4, 0.5) is 0 Å². The van der Waals surface area contributed by atoms with E-state index < -0.39 is 11.4 Å². The van der Waals surface area contributed by atoms with E-state index in [0.717, 1.165) is 0 Å². The molecule has 1 saturated heterocycles. The number of carboxylic acid groups (broad SMARTS) is 1. The lowest BCUT2D eigenvalue weighted by molar-refractivity contribution is -0.150. The summed E-state index contributed by atoms with van der Waals surface area (Å²) in [6.07, 6.45) is 0.445. The summed E-state index contributed by atoms with van der Waals surface area (Å²) >= 11 is 0. The number of carbonyl (C=O) groups excluding carboxylic acids is 2. The molecule has 2 N–H and O–H groups in total. The molecular formula is C17H22N2O4. The Labute approximate surface area is 135 Å². The lowest BCUT2D eigenvalue weighted by atomic mass is 9.76. The average molecular weight is 318 g/mol. The quantitative estimate of drug-likeness (QED) is 0.883. The van der Waals surface area contributed by atoms with Crippen LogP contribution in [0.25, 0.3) is 0 Å². The molecule has 1 fully saturated rings. The van der Waals surface area contributed by atoms with Gasteiger partial charge in [-0.15, -0.1) is 0 Å². The third kappa shape index (κ3) is 3.06. The molecule has 0 radical (unpaired) electrons. The molecule has 6 heteroatoms. The fourth-order valence-corrected chi connectivity index (χ4v) is 3.02. The van der Waals surface area contributed by atoms with E-state index in [1.807, 2.05) is 13.8 Å². The maximum atomic E-state index is 12.6. The minimum atomic E-state index is -0.895. The number of aliphatic carboxylic acids is 1. The number of hydrogen-bond acceptors (Lipinski definition) is 3. The predicted octanol–water partition coefficient (Wildman–Crippen LogP) is 1.62. The summed E-state index contributed by atoms with van der Waals surface area (Å²) < 4.78 is 0. The van der Waals surface area contributed by atoms with E-state index in [-0.39, 0.29) is 24.3 Å². The van der Waals surface area contributed by atoms with E-state index in [1.54, 1.807) is 23.1 Å². The molecule has 0 spiro atoms. The molecule has 0 aromatic heterocycles. The van der Waals surface area contributed by atoms with Gasteiger partial charge in [0.25, 0.3) is 11.8 Å². The molecule has 0 aliphatic carbocycles. The summed E-state index contributed by atoms with van der Waals surface area (Å²) in [5.41, 5.74) is -0.0874. The van der Waals surface area contributed by atoms with Crippen molar-refractivity contribution >= 4 is 17.8 Å². The molecule has 1 aromatic rings. The van der Waals surface area contributed by atoms with E-state index in [4.69, 9.17) is 0 Å². The minimum Gasteiger partial charge on any atom is -0.481 e. The van der Waals surface area contributed by atoms with Gasteiger partial charge in [-0.1, -0.05) is 19.9 Å². The highest BCUT2D eigenvalue weighted by atomic mass is 16.4. The van der Waals surface area contributed by atoms with Crippen molar-refractivity contribution in [2.24, 2.45) is 11.3 Å². The second-order valence-corrected chi connectivity index (χ2v) is 6.25. The molecule has 124 valence electrons. The Morgan fingerprint density at radius 1 is 1.26 bits per heavy atom.